The molecule has 0 fully saturated rings. The number of anilines is 2. The molecule has 0 atom stereocenters. The molecule has 31 heavy (non-hydrogen) atoms. The van der Waals surface area contributed by atoms with E-state index in [1.807, 2.05) is 38.1 Å². The Labute approximate surface area is 179 Å². The second kappa shape index (κ2) is 7.32. The lowest BCUT2D eigenvalue weighted by molar-refractivity contribution is -0.120. The standard InChI is InChI=1S/C25H20N2O4/c1-15-8-10-19(16(2)12-15)22-23(26-17-9-11-20-21(13-17)31-14-30-20)25(29)27(24(22)28)18-6-4-3-5-7-18/h3-13,26H,14H2,1-2H3. The normalized spacial score (nSPS) is 15.1. The van der Waals surface area contributed by atoms with Crippen LogP contribution in [0.25, 0.3) is 5.57 Å². The van der Waals surface area contributed by atoms with Crippen LogP contribution in [0.3, 0.4) is 0 Å². The highest BCUT2D eigenvalue weighted by Gasteiger charge is 2.40. The van der Waals surface area contributed by atoms with Gasteiger partial charge in [-0.1, -0.05) is 42.0 Å². The van der Waals surface area contributed by atoms with Crippen LogP contribution in [0.4, 0.5) is 11.4 Å². The maximum atomic E-state index is 13.5. The first-order valence-electron chi connectivity index (χ1n) is 9.95. The van der Waals surface area contributed by atoms with Crippen molar-refractivity contribution in [2.75, 3.05) is 17.0 Å². The second-order valence-corrected chi connectivity index (χ2v) is 7.54. The SMILES string of the molecule is Cc1ccc(C2=C(Nc3ccc4c(c3)OCO4)C(=O)N(c3ccccc3)C2=O)c(C)c1. The predicted octanol–water partition coefficient (Wildman–Crippen LogP) is 4.43. The van der Waals surface area contributed by atoms with Gasteiger partial charge in [0.25, 0.3) is 11.8 Å². The highest BCUT2D eigenvalue weighted by atomic mass is 16.7. The molecule has 0 unspecified atom stereocenters. The summed E-state index contributed by atoms with van der Waals surface area (Å²) in [6.45, 7) is 4.10. The van der Waals surface area contributed by atoms with Crippen LogP contribution < -0.4 is 19.7 Å². The van der Waals surface area contributed by atoms with Gasteiger partial charge in [0.05, 0.1) is 11.3 Å². The van der Waals surface area contributed by atoms with Crippen molar-refractivity contribution in [2.24, 2.45) is 0 Å². The summed E-state index contributed by atoms with van der Waals surface area (Å²) in [6, 6.07) is 20.1. The summed E-state index contributed by atoms with van der Waals surface area (Å²) in [5, 5.41) is 3.17. The lowest BCUT2D eigenvalue weighted by Crippen LogP contribution is -2.32. The third-order valence-corrected chi connectivity index (χ3v) is 5.39. The Morgan fingerprint density at radius 3 is 2.39 bits per heavy atom. The molecule has 0 aliphatic carbocycles. The van der Waals surface area contributed by atoms with Crippen molar-refractivity contribution < 1.29 is 19.1 Å². The van der Waals surface area contributed by atoms with Gasteiger partial charge in [0.1, 0.15) is 5.70 Å². The lowest BCUT2D eigenvalue weighted by atomic mass is 9.97. The van der Waals surface area contributed by atoms with E-state index >= 15 is 0 Å². The van der Waals surface area contributed by atoms with Crippen molar-refractivity contribution in [1.82, 2.24) is 0 Å². The summed E-state index contributed by atoms with van der Waals surface area (Å²) < 4.78 is 10.8. The minimum Gasteiger partial charge on any atom is -0.454 e. The molecule has 6 nitrogen and oxygen atoms in total. The summed E-state index contributed by atoms with van der Waals surface area (Å²) in [7, 11) is 0. The number of para-hydroxylation sites is 1. The smallest absolute Gasteiger partial charge is 0.282 e. The Morgan fingerprint density at radius 2 is 1.61 bits per heavy atom. The monoisotopic (exact) mass is 412 g/mol. The van der Waals surface area contributed by atoms with Crippen LogP contribution in [0.1, 0.15) is 16.7 Å². The molecule has 2 aliphatic heterocycles. The maximum Gasteiger partial charge on any atom is 0.282 e. The minimum atomic E-state index is -0.399. The Balaban J connectivity index is 1.63. The van der Waals surface area contributed by atoms with Crippen LogP contribution in [0.5, 0.6) is 11.5 Å². The number of benzene rings is 3. The molecule has 2 amide bonds. The quantitative estimate of drug-likeness (QED) is 0.642. The van der Waals surface area contributed by atoms with Crippen molar-refractivity contribution >= 4 is 28.8 Å². The summed E-state index contributed by atoms with van der Waals surface area (Å²) in [4.78, 5) is 28.2. The molecule has 2 aliphatic rings. The van der Waals surface area contributed by atoms with Gasteiger partial charge in [0.15, 0.2) is 11.5 Å². The topological polar surface area (TPSA) is 67.9 Å². The molecule has 2 heterocycles. The zero-order valence-electron chi connectivity index (χ0n) is 17.1. The third kappa shape index (κ3) is 3.22. The van der Waals surface area contributed by atoms with E-state index in [1.165, 1.54) is 4.90 Å². The molecule has 0 saturated heterocycles. The van der Waals surface area contributed by atoms with Gasteiger partial charge in [-0.25, -0.2) is 4.90 Å². The van der Waals surface area contributed by atoms with Crippen molar-refractivity contribution in [3.05, 3.63) is 89.1 Å². The fourth-order valence-electron chi connectivity index (χ4n) is 3.92. The number of amides is 2. The zero-order valence-corrected chi connectivity index (χ0v) is 17.1. The Morgan fingerprint density at radius 1 is 0.839 bits per heavy atom. The first-order valence-corrected chi connectivity index (χ1v) is 9.95. The molecular weight excluding hydrogens is 392 g/mol. The predicted molar refractivity (Wildman–Crippen MR) is 118 cm³/mol. The van der Waals surface area contributed by atoms with Crippen molar-refractivity contribution in [3.8, 4) is 11.5 Å². The molecule has 0 bridgehead atoms. The van der Waals surface area contributed by atoms with Crippen LogP contribution in [0.2, 0.25) is 0 Å². The Bertz CT molecular complexity index is 1250. The molecule has 3 aromatic carbocycles. The summed E-state index contributed by atoms with van der Waals surface area (Å²) >= 11 is 0. The van der Waals surface area contributed by atoms with E-state index in [2.05, 4.69) is 5.32 Å². The zero-order chi connectivity index (χ0) is 21.5. The van der Waals surface area contributed by atoms with E-state index in [0.717, 1.165) is 16.7 Å². The average Bonchev–Trinajstić information content (AvgIpc) is 3.32. The highest BCUT2D eigenvalue weighted by Crippen LogP contribution is 2.38. The molecule has 154 valence electrons. The van der Waals surface area contributed by atoms with Gasteiger partial charge in [0, 0.05) is 11.8 Å². The number of hydrogen-bond acceptors (Lipinski definition) is 5. The molecule has 0 radical (unpaired) electrons. The number of carbonyl (C=O) groups is 2. The molecule has 5 rings (SSSR count). The summed E-state index contributed by atoms with van der Waals surface area (Å²) in [6.07, 6.45) is 0. The highest BCUT2D eigenvalue weighted by molar-refractivity contribution is 6.46. The van der Waals surface area contributed by atoms with E-state index in [0.29, 0.717) is 28.4 Å². The Hall–Kier alpha value is -4.06. The van der Waals surface area contributed by atoms with Gasteiger partial charge in [-0.2, -0.15) is 0 Å². The fraction of sp³-hybridized carbons (Fsp3) is 0.120. The van der Waals surface area contributed by atoms with Crippen LogP contribution in [-0.4, -0.2) is 18.6 Å². The van der Waals surface area contributed by atoms with E-state index in [9.17, 15) is 9.59 Å². The van der Waals surface area contributed by atoms with E-state index in [-0.39, 0.29) is 18.4 Å². The van der Waals surface area contributed by atoms with Gasteiger partial charge in [-0.15, -0.1) is 0 Å². The number of ether oxygens (including phenoxy) is 2. The minimum absolute atomic E-state index is 0.161. The summed E-state index contributed by atoms with van der Waals surface area (Å²) in [5.74, 6) is 0.486. The van der Waals surface area contributed by atoms with Gasteiger partial charge in [0.2, 0.25) is 6.79 Å². The lowest BCUT2D eigenvalue weighted by Gasteiger charge is -2.15. The van der Waals surface area contributed by atoms with Crippen LogP contribution >= 0.6 is 0 Å². The molecule has 0 spiro atoms. The number of nitrogens with one attached hydrogen (secondary N) is 1. The number of rotatable bonds is 4. The third-order valence-electron chi connectivity index (χ3n) is 5.39. The van der Waals surface area contributed by atoms with Gasteiger partial charge in [-0.05, 0) is 49.2 Å². The maximum absolute atomic E-state index is 13.5. The van der Waals surface area contributed by atoms with Crippen molar-refractivity contribution in [2.45, 2.75) is 13.8 Å². The molecule has 6 heteroatoms. The van der Waals surface area contributed by atoms with Gasteiger partial charge < -0.3 is 14.8 Å². The second-order valence-electron chi connectivity index (χ2n) is 7.54. The first kappa shape index (κ1) is 18.9. The molecule has 3 aromatic rings. The van der Waals surface area contributed by atoms with E-state index in [1.54, 1.807) is 42.5 Å². The fourth-order valence-corrected chi connectivity index (χ4v) is 3.92. The van der Waals surface area contributed by atoms with E-state index in [4.69, 9.17) is 9.47 Å². The van der Waals surface area contributed by atoms with E-state index < -0.39 is 5.91 Å². The van der Waals surface area contributed by atoms with Crippen molar-refractivity contribution in [3.63, 3.8) is 0 Å². The largest absolute Gasteiger partial charge is 0.454 e. The van der Waals surface area contributed by atoms with Crippen LogP contribution in [0, 0.1) is 13.8 Å². The number of carbonyl (C=O) groups excluding carboxylic acids is 2. The van der Waals surface area contributed by atoms with Gasteiger partial charge >= 0.3 is 0 Å². The summed E-state index contributed by atoms with van der Waals surface area (Å²) in [5.41, 5.74) is 4.49. The van der Waals surface area contributed by atoms with Crippen LogP contribution in [0.15, 0.2) is 72.4 Å². The first-order chi connectivity index (χ1) is 15.0. The number of imide groups is 1. The van der Waals surface area contributed by atoms with Gasteiger partial charge in [-0.3, -0.25) is 9.59 Å². The Kier molecular flexibility index (Phi) is 4.47. The molecule has 0 aromatic heterocycles. The number of fused-ring (bicyclic) bond motifs is 1. The number of aryl methyl sites for hydroxylation is 2. The van der Waals surface area contributed by atoms with Crippen molar-refractivity contribution in [1.29, 1.82) is 0 Å². The van der Waals surface area contributed by atoms with Crippen LogP contribution in [-0.2, 0) is 9.59 Å². The molecule has 1 N–H and O–H groups in total. The molecule has 0 saturated carbocycles. The number of hydrogen-bond donors (Lipinski definition) is 1. The average molecular weight is 412 g/mol. The molecular formula is C25H20N2O4. The number of nitrogens with zero attached hydrogens (tertiary/aromatic N) is 1.